The van der Waals surface area contributed by atoms with Gasteiger partial charge in [0, 0.05) is 35.4 Å². The van der Waals surface area contributed by atoms with E-state index in [0.717, 1.165) is 11.3 Å². The Morgan fingerprint density at radius 3 is 2.88 bits per heavy atom. The minimum absolute atomic E-state index is 0.144. The molecule has 0 bridgehead atoms. The van der Waals surface area contributed by atoms with Crippen molar-refractivity contribution in [3.05, 3.63) is 78.2 Å². The molecular formula is C19H17FN4OS. The van der Waals surface area contributed by atoms with Gasteiger partial charge in [0.2, 0.25) is 0 Å². The van der Waals surface area contributed by atoms with Gasteiger partial charge in [-0.15, -0.1) is 17.9 Å². The first-order valence-corrected chi connectivity index (χ1v) is 8.81. The fraction of sp³-hybridized carbons (Fsp3) is 0.105. The number of thiazole rings is 1. The van der Waals surface area contributed by atoms with E-state index in [4.69, 9.17) is 0 Å². The van der Waals surface area contributed by atoms with E-state index in [-0.39, 0.29) is 18.4 Å². The number of halogens is 1. The highest BCUT2D eigenvalue weighted by molar-refractivity contribution is 7.14. The van der Waals surface area contributed by atoms with Crippen molar-refractivity contribution in [1.82, 2.24) is 14.9 Å². The number of carbonyl (C=O) groups is 1. The third-order valence-corrected chi connectivity index (χ3v) is 4.39. The minimum atomic E-state index is -0.361. The number of pyridine rings is 1. The minimum Gasteiger partial charge on any atom is -0.316 e. The third-order valence-electron chi connectivity index (χ3n) is 3.63. The zero-order chi connectivity index (χ0) is 18.4. The largest absolute Gasteiger partial charge is 0.324 e. The van der Waals surface area contributed by atoms with E-state index in [1.807, 2.05) is 17.5 Å². The first kappa shape index (κ1) is 17.8. The predicted octanol–water partition coefficient (Wildman–Crippen LogP) is 4.56. The summed E-state index contributed by atoms with van der Waals surface area (Å²) >= 11 is 1.32. The molecule has 2 aromatic heterocycles. The maximum absolute atomic E-state index is 13.9. The van der Waals surface area contributed by atoms with Crippen LogP contribution < -0.4 is 5.32 Å². The molecule has 0 saturated carbocycles. The van der Waals surface area contributed by atoms with Crippen molar-refractivity contribution in [2.75, 3.05) is 11.9 Å². The van der Waals surface area contributed by atoms with E-state index in [1.54, 1.807) is 36.7 Å². The first-order valence-electron chi connectivity index (χ1n) is 7.93. The summed E-state index contributed by atoms with van der Waals surface area (Å²) in [5.41, 5.74) is 2.06. The summed E-state index contributed by atoms with van der Waals surface area (Å²) in [6.07, 6.45) is 5.00. The van der Waals surface area contributed by atoms with Crippen LogP contribution in [0.15, 0.2) is 66.8 Å². The molecule has 0 fully saturated rings. The van der Waals surface area contributed by atoms with Gasteiger partial charge in [0.05, 0.1) is 12.2 Å². The quantitative estimate of drug-likeness (QED) is 0.649. The SMILES string of the molecule is C=CCN(Cc1ccccc1F)C(=O)Nc1nc(-c2cccnc2)cs1. The molecule has 132 valence electrons. The Hall–Kier alpha value is -3.06. The number of carbonyl (C=O) groups excluding carboxylic acids is 1. The maximum atomic E-state index is 13.9. The number of benzene rings is 1. The van der Waals surface area contributed by atoms with Crippen molar-refractivity contribution < 1.29 is 9.18 Å². The zero-order valence-electron chi connectivity index (χ0n) is 13.9. The maximum Gasteiger partial charge on any atom is 0.324 e. The summed E-state index contributed by atoms with van der Waals surface area (Å²) in [4.78, 5) is 22.5. The molecule has 1 aromatic carbocycles. The lowest BCUT2D eigenvalue weighted by Crippen LogP contribution is -2.34. The van der Waals surface area contributed by atoms with Gasteiger partial charge in [0.1, 0.15) is 5.82 Å². The standard InChI is InChI=1S/C19H17FN4OS/c1-2-10-24(12-15-6-3-4-8-16(15)20)19(25)23-18-22-17(13-26-18)14-7-5-9-21-11-14/h2-9,11,13H,1,10,12H2,(H,22,23,25). The Morgan fingerprint density at radius 1 is 1.31 bits per heavy atom. The van der Waals surface area contributed by atoms with Crippen molar-refractivity contribution in [2.24, 2.45) is 0 Å². The van der Waals surface area contributed by atoms with Crippen LogP contribution in [0.1, 0.15) is 5.56 Å². The molecule has 3 aromatic rings. The summed E-state index contributed by atoms with van der Waals surface area (Å²) in [6.45, 7) is 4.10. The smallest absolute Gasteiger partial charge is 0.316 e. The Morgan fingerprint density at radius 2 is 2.15 bits per heavy atom. The van der Waals surface area contributed by atoms with Crippen LogP contribution in [0.3, 0.4) is 0 Å². The van der Waals surface area contributed by atoms with Gasteiger partial charge in [-0.2, -0.15) is 0 Å². The van der Waals surface area contributed by atoms with Gasteiger partial charge in [-0.05, 0) is 18.2 Å². The zero-order valence-corrected chi connectivity index (χ0v) is 14.7. The Bertz CT molecular complexity index is 897. The van der Waals surface area contributed by atoms with Crippen LogP contribution >= 0.6 is 11.3 Å². The number of urea groups is 1. The van der Waals surface area contributed by atoms with Crippen LogP contribution in [0.4, 0.5) is 14.3 Å². The summed E-state index contributed by atoms with van der Waals surface area (Å²) in [5, 5.41) is 5.08. The van der Waals surface area contributed by atoms with Gasteiger partial charge in [0.25, 0.3) is 0 Å². The average Bonchev–Trinajstić information content (AvgIpc) is 3.12. The van der Waals surface area contributed by atoms with E-state index < -0.39 is 0 Å². The number of nitrogens with one attached hydrogen (secondary N) is 1. The molecule has 0 aliphatic heterocycles. The second-order valence-corrected chi connectivity index (χ2v) is 6.33. The topological polar surface area (TPSA) is 58.1 Å². The van der Waals surface area contributed by atoms with Crippen molar-refractivity contribution >= 4 is 22.5 Å². The van der Waals surface area contributed by atoms with Crippen LogP contribution in [0, 0.1) is 5.82 Å². The second-order valence-electron chi connectivity index (χ2n) is 5.47. The van der Waals surface area contributed by atoms with Gasteiger partial charge in [-0.25, -0.2) is 14.2 Å². The molecule has 0 atom stereocenters. The average molecular weight is 368 g/mol. The predicted molar refractivity (Wildman–Crippen MR) is 101 cm³/mol. The highest BCUT2D eigenvalue weighted by Gasteiger charge is 2.16. The molecule has 26 heavy (non-hydrogen) atoms. The van der Waals surface area contributed by atoms with Crippen LogP contribution in [0.25, 0.3) is 11.3 Å². The highest BCUT2D eigenvalue weighted by atomic mass is 32.1. The second kappa shape index (κ2) is 8.35. The number of anilines is 1. The van der Waals surface area contributed by atoms with Crippen LogP contribution in [-0.4, -0.2) is 27.4 Å². The van der Waals surface area contributed by atoms with E-state index in [1.165, 1.54) is 22.3 Å². The van der Waals surface area contributed by atoms with Gasteiger partial charge < -0.3 is 4.90 Å². The van der Waals surface area contributed by atoms with Crippen molar-refractivity contribution in [3.8, 4) is 11.3 Å². The molecule has 0 radical (unpaired) electrons. The molecular weight excluding hydrogens is 351 g/mol. The van der Waals surface area contributed by atoms with Crippen LogP contribution in [0.2, 0.25) is 0 Å². The molecule has 0 saturated heterocycles. The fourth-order valence-electron chi connectivity index (χ4n) is 2.36. The molecule has 2 heterocycles. The van der Waals surface area contributed by atoms with Gasteiger partial charge in [-0.3, -0.25) is 10.3 Å². The lowest BCUT2D eigenvalue weighted by molar-refractivity contribution is 0.214. The summed E-state index contributed by atoms with van der Waals surface area (Å²) in [6, 6.07) is 9.75. The van der Waals surface area contributed by atoms with Crippen molar-refractivity contribution in [3.63, 3.8) is 0 Å². The van der Waals surface area contributed by atoms with E-state index >= 15 is 0 Å². The number of amides is 2. The number of hydrogen-bond acceptors (Lipinski definition) is 4. The van der Waals surface area contributed by atoms with E-state index in [9.17, 15) is 9.18 Å². The number of rotatable bonds is 6. The molecule has 0 unspecified atom stereocenters. The van der Waals surface area contributed by atoms with Gasteiger partial charge >= 0.3 is 6.03 Å². The molecule has 3 rings (SSSR count). The Balaban J connectivity index is 1.71. The monoisotopic (exact) mass is 368 g/mol. The number of nitrogens with zero attached hydrogens (tertiary/aromatic N) is 3. The summed E-state index contributed by atoms with van der Waals surface area (Å²) < 4.78 is 13.9. The Labute approximate surface area is 154 Å². The lowest BCUT2D eigenvalue weighted by atomic mass is 10.2. The lowest BCUT2D eigenvalue weighted by Gasteiger charge is -2.21. The van der Waals surface area contributed by atoms with Crippen molar-refractivity contribution in [1.29, 1.82) is 0 Å². The molecule has 0 aliphatic carbocycles. The van der Waals surface area contributed by atoms with E-state index in [0.29, 0.717) is 17.2 Å². The number of hydrogen-bond donors (Lipinski definition) is 1. The van der Waals surface area contributed by atoms with Crippen molar-refractivity contribution in [2.45, 2.75) is 6.54 Å². The fourth-order valence-corrected chi connectivity index (χ4v) is 3.07. The van der Waals surface area contributed by atoms with E-state index in [2.05, 4.69) is 21.9 Å². The Kier molecular flexibility index (Phi) is 5.70. The number of aromatic nitrogens is 2. The molecule has 0 spiro atoms. The van der Waals surface area contributed by atoms with Gasteiger partial charge in [0.15, 0.2) is 5.13 Å². The molecule has 0 aliphatic rings. The summed E-state index contributed by atoms with van der Waals surface area (Å²) in [7, 11) is 0. The summed E-state index contributed by atoms with van der Waals surface area (Å²) in [5.74, 6) is -0.345. The van der Waals surface area contributed by atoms with Crippen LogP contribution in [0.5, 0.6) is 0 Å². The third kappa shape index (κ3) is 4.31. The first-order chi connectivity index (χ1) is 12.7. The molecule has 7 heteroatoms. The highest BCUT2D eigenvalue weighted by Crippen LogP contribution is 2.24. The molecule has 5 nitrogen and oxygen atoms in total. The van der Waals surface area contributed by atoms with Crippen LogP contribution in [-0.2, 0) is 6.54 Å². The molecule has 2 amide bonds. The normalized spacial score (nSPS) is 10.3. The molecule has 1 N–H and O–H groups in total. The van der Waals surface area contributed by atoms with Gasteiger partial charge in [-0.1, -0.05) is 24.3 Å².